The first-order chi connectivity index (χ1) is 9.70. The van der Waals surface area contributed by atoms with Crippen molar-refractivity contribution in [3.63, 3.8) is 0 Å². The van der Waals surface area contributed by atoms with Crippen LogP contribution in [0.2, 0.25) is 0 Å². The molecule has 0 unspecified atom stereocenters. The average Bonchev–Trinajstić information content (AvgIpc) is 2.79. The number of pyridine rings is 1. The van der Waals surface area contributed by atoms with E-state index in [1.54, 1.807) is 12.4 Å². The summed E-state index contributed by atoms with van der Waals surface area (Å²) < 4.78 is 1.94. The van der Waals surface area contributed by atoms with Crippen LogP contribution in [-0.2, 0) is 6.54 Å². The lowest BCUT2D eigenvalue weighted by Crippen LogP contribution is -1.99. The standard InChI is InChI=1S/C16H14N4/c1-11-8-14-15(9-12(11)2)20(7-5-17)16(19-14)13-4-3-6-18-10-13/h3-4,6,8-10H,7H2,1-2H3. The van der Waals surface area contributed by atoms with E-state index >= 15 is 0 Å². The molecule has 1 aromatic carbocycles. The molecule has 0 atom stereocenters. The highest BCUT2D eigenvalue weighted by atomic mass is 15.1. The molecule has 20 heavy (non-hydrogen) atoms. The molecular weight excluding hydrogens is 248 g/mol. The van der Waals surface area contributed by atoms with E-state index in [1.807, 2.05) is 16.7 Å². The zero-order valence-electron chi connectivity index (χ0n) is 11.5. The predicted molar refractivity (Wildman–Crippen MR) is 78.1 cm³/mol. The van der Waals surface area contributed by atoms with Crippen LogP contribution < -0.4 is 0 Å². The molecule has 0 radical (unpaired) electrons. The van der Waals surface area contributed by atoms with Crippen LogP contribution >= 0.6 is 0 Å². The third-order valence-corrected chi connectivity index (χ3v) is 3.51. The minimum Gasteiger partial charge on any atom is -0.310 e. The molecule has 0 spiro atoms. The summed E-state index contributed by atoms with van der Waals surface area (Å²) in [5, 5.41) is 9.08. The second-order valence-corrected chi connectivity index (χ2v) is 4.85. The Kier molecular flexibility index (Phi) is 2.96. The molecule has 0 bridgehead atoms. The Labute approximate surface area is 117 Å². The van der Waals surface area contributed by atoms with Crippen LogP contribution in [0.15, 0.2) is 36.7 Å². The molecule has 0 aliphatic heterocycles. The molecule has 0 aliphatic carbocycles. The first-order valence-electron chi connectivity index (χ1n) is 6.45. The molecule has 3 rings (SSSR count). The highest BCUT2D eigenvalue weighted by molar-refractivity contribution is 5.82. The van der Waals surface area contributed by atoms with Crippen molar-refractivity contribution in [2.75, 3.05) is 0 Å². The van der Waals surface area contributed by atoms with Gasteiger partial charge in [0.25, 0.3) is 0 Å². The van der Waals surface area contributed by atoms with Gasteiger partial charge in [0.05, 0.1) is 17.1 Å². The van der Waals surface area contributed by atoms with Crippen molar-refractivity contribution in [1.29, 1.82) is 5.26 Å². The van der Waals surface area contributed by atoms with Crippen LogP contribution in [-0.4, -0.2) is 14.5 Å². The Bertz CT molecular complexity index is 810. The van der Waals surface area contributed by atoms with Crippen molar-refractivity contribution in [3.05, 3.63) is 47.8 Å². The molecule has 4 nitrogen and oxygen atoms in total. The van der Waals surface area contributed by atoms with Crippen LogP contribution in [0, 0.1) is 25.2 Å². The van der Waals surface area contributed by atoms with Crippen molar-refractivity contribution in [1.82, 2.24) is 14.5 Å². The third kappa shape index (κ3) is 1.94. The predicted octanol–water partition coefficient (Wildman–Crippen LogP) is 3.24. The summed E-state index contributed by atoms with van der Waals surface area (Å²) in [6.07, 6.45) is 3.50. The van der Waals surface area contributed by atoms with Gasteiger partial charge in [0.2, 0.25) is 0 Å². The normalized spacial score (nSPS) is 10.7. The van der Waals surface area contributed by atoms with Crippen LogP contribution in [0.1, 0.15) is 11.1 Å². The topological polar surface area (TPSA) is 54.5 Å². The summed E-state index contributed by atoms with van der Waals surface area (Å²) in [6, 6.07) is 10.2. The number of fused-ring (bicyclic) bond motifs is 1. The number of nitrogens with zero attached hydrogens (tertiary/aromatic N) is 4. The number of rotatable bonds is 2. The van der Waals surface area contributed by atoms with Gasteiger partial charge in [0.15, 0.2) is 0 Å². The summed E-state index contributed by atoms with van der Waals surface area (Å²) in [6.45, 7) is 4.42. The van der Waals surface area contributed by atoms with Gasteiger partial charge < -0.3 is 4.57 Å². The van der Waals surface area contributed by atoms with Crippen LogP contribution in [0.4, 0.5) is 0 Å². The summed E-state index contributed by atoms with van der Waals surface area (Å²) in [7, 11) is 0. The number of nitriles is 1. The zero-order chi connectivity index (χ0) is 14.1. The minimum absolute atomic E-state index is 0.281. The lowest BCUT2D eigenvalue weighted by Gasteiger charge is -2.05. The molecule has 0 saturated heterocycles. The fraction of sp³-hybridized carbons (Fsp3) is 0.188. The maximum absolute atomic E-state index is 9.08. The number of hydrogen-bond acceptors (Lipinski definition) is 3. The summed E-state index contributed by atoms with van der Waals surface area (Å²) >= 11 is 0. The van der Waals surface area contributed by atoms with Crippen LogP contribution in [0.5, 0.6) is 0 Å². The molecule has 0 N–H and O–H groups in total. The highest BCUT2D eigenvalue weighted by Crippen LogP contribution is 2.26. The number of benzene rings is 1. The molecule has 0 saturated carbocycles. The van der Waals surface area contributed by atoms with Crippen molar-refractivity contribution in [2.24, 2.45) is 0 Å². The number of aryl methyl sites for hydroxylation is 2. The Morgan fingerprint density at radius 2 is 2.05 bits per heavy atom. The highest BCUT2D eigenvalue weighted by Gasteiger charge is 2.13. The first-order valence-corrected chi connectivity index (χ1v) is 6.45. The molecule has 0 fully saturated rings. The van der Waals surface area contributed by atoms with E-state index in [2.05, 4.69) is 42.0 Å². The van der Waals surface area contributed by atoms with E-state index in [4.69, 9.17) is 5.26 Å². The molecule has 98 valence electrons. The average molecular weight is 262 g/mol. The minimum atomic E-state index is 0.281. The van der Waals surface area contributed by atoms with E-state index in [1.165, 1.54) is 11.1 Å². The first kappa shape index (κ1) is 12.4. The smallest absolute Gasteiger partial charge is 0.143 e. The van der Waals surface area contributed by atoms with Crippen molar-refractivity contribution in [3.8, 4) is 17.5 Å². The van der Waals surface area contributed by atoms with Gasteiger partial charge in [-0.1, -0.05) is 0 Å². The fourth-order valence-corrected chi connectivity index (χ4v) is 2.33. The van der Waals surface area contributed by atoms with Gasteiger partial charge >= 0.3 is 0 Å². The number of hydrogen-bond donors (Lipinski definition) is 0. The van der Waals surface area contributed by atoms with Gasteiger partial charge in [0, 0.05) is 18.0 Å². The van der Waals surface area contributed by atoms with E-state index in [9.17, 15) is 0 Å². The van der Waals surface area contributed by atoms with Crippen LogP contribution in [0.25, 0.3) is 22.4 Å². The lowest BCUT2D eigenvalue weighted by molar-refractivity contribution is 0.869. The van der Waals surface area contributed by atoms with Gasteiger partial charge in [-0.3, -0.25) is 4.98 Å². The quantitative estimate of drug-likeness (QED) is 0.712. The molecular formula is C16H14N4. The van der Waals surface area contributed by atoms with Gasteiger partial charge in [-0.2, -0.15) is 5.26 Å². The maximum Gasteiger partial charge on any atom is 0.143 e. The summed E-state index contributed by atoms with van der Waals surface area (Å²) in [5.74, 6) is 0.791. The van der Waals surface area contributed by atoms with Gasteiger partial charge in [-0.05, 0) is 49.2 Å². The van der Waals surface area contributed by atoms with E-state index < -0.39 is 0 Å². The second kappa shape index (κ2) is 4.78. The second-order valence-electron chi connectivity index (χ2n) is 4.85. The Morgan fingerprint density at radius 1 is 1.25 bits per heavy atom. The van der Waals surface area contributed by atoms with Crippen LogP contribution in [0.3, 0.4) is 0 Å². The molecule has 2 aromatic heterocycles. The summed E-state index contributed by atoms with van der Waals surface area (Å²) in [5.41, 5.74) is 5.25. The van der Waals surface area contributed by atoms with Crippen molar-refractivity contribution >= 4 is 11.0 Å². The van der Waals surface area contributed by atoms with E-state index in [0.717, 1.165) is 22.4 Å². The molecule has 0 aliphatic rings. The van der Waals surface area contributed by atoms with Gasteiger partial charge in [-0.25, -0.2) is 4.98 Å². The van der Waals surface area contributed by atoms with Gasteiger partial charge in [0.1, 0.15) is 12.4 Å². The Hall–Kier alpha value is -2.67. The fourth-order valence-electron chi connectivity index (χ4n) is 2.33. The van der Waals surface area contributed by atoms with Crippen molar-refractivity contribution < 1.29 is 0 Å². The SMILES string of the molecule is Cc1cc2nc(-c3cccnc3)n(CC#N)c2cc1C. The molecule has 3 aromatic rings. The molecule has 0 amide bonds. The lowest BCUT2D eigenvalue weighted by atomic mass is 10.1. The number of imidazole rings is 1. The van der Waals surface area contributed by atoms with Gasteiger partial charge in [-0.15, -0.1) is 0 Å². The molecule has 2 heterocycles. The third-order valence-electron chi connectivity index (χ3n) is 3.51. The van der Waals surface area contributed by atoms with Crippen molar-refractivity contribution in [2.45, 2.75) is 20.4 Å². The maximum atomic E-state index is 9.08. The number of aromatic nitrogens is 3. The van der Waals surface area contributed by atoms with E-state index in [0.29, 0.717) is 0 Å². The van der Waals surface area contributed by atoms with E-state index in [-0.39, 0.29) is 6.54 Å². The monoisotopic (exact) mass is 262 g/mol. The largest absolute Gasteiger partial charge is 0.310 e. The summed E-state index contributed by atoms with van der Waals surface area (Å²) in [4.78, 5) is 8.81. The molecule has 4 heteroatoms. The Morgan fingerprint density at radius 3 is 2.75 bits per heavy atom. The Balaban J connectivity index is 2.32. The zero-order valence-corrected chi connectivity index (χ0v) is 11.5.